The molecule has 0 saturated heterocycles. The van der Waals surface area contributed by atoms with Crippen molar-refractivity contribution in [1.29, 1.82) is 0 Å². The van der Waals surface area contributed by atoms with Crippen LogP contribution in [0.2, 0.25) is 5.02 Å². The van der Waals surface area contributed by atoms with E-state index in [2.05, 4.69) is 21.1 Å². The van der Waals surface area contributed by atoms with Crippen molar-refractivity contribution in [3.05, 3.63) is 65.2 Å². The summed E-state index contributed by atoms with van der Waals surface area (Å²) in [6, 6.07) is 17.9. The number of benzene rings is 3. The number of rotatable bonds is 8. The molecule has 0 spiro atoms. The Morgan fingerprint density at radius 1 is 1.06 bits per heavy atom. The third-order valence-corrected chi connectivity index (χ3v) is 6.77. The molecule has 5 rings (SSSR count). The Labute approximate surface area is 206 Å². The Hall–Kier alpha value is -2.88. The molecular formula is C25H24ClN3O4S. The van der Waals surface area contributed by atoms with Gasteiger partial charge < -0.3 is 30.3 Å². The zero-order valence-electron chi connectivity index (χ0n) is 18.3. The summed E-state index contributed by atoms with van der Waals surface area (Å²) in [5.41, 5.74) is 3.87. The summed E-state index contributed by atoms with van der Waals surface area (Å²) in [6.07, 6.45) is -0.776. The highest BCUT2D eigenvalue weighted by molar-refractivity contribution is 7.14. The molecule has 0 saturated carbocycles. The van der Waals surface area contributed by atoms with Crippen LogP contribution in [-0.2, 0) is 6.54 Å². The predicted octanol–water partition coefficient (Wildman–Crippen LogP) is 4.57. The smallest absolute Gasteiger partial charge is 0.161 e. The monoisotopic (exact) mass is 497 g/mol. The molecule has 0 fully saturated rings. The van der Waals surface area contributed by atoms with Gasteiger partial charge in [-0.1, -0.05) is 35.9 Å². The fourth-order valence-electron chi connectivity index (χ4n) is 3.84. The highest BCUT2D eigenvalue weighted by atomic mass is 35.5. The largest absolute Gasteiger partial charge is 0.486 e. The van der Waals surface area contributed by atoms with Crippen LogP contribution < -0.4 is 20.1 Å². The first kappa shape index (κ1) is 22.9. The van der Waals surface area contributed by atoms with Gasteiger partial charge in [-0.25, -0.2) is 0 Å². The molecule has 7 nitrogen and oxygen atoms in total. The van der Waals surface area contributed by atoms with Crippen LogP contribution in [0, 0.1) is 0 Å². The van der Waals surface area contributed by atoms with E-state index in [1.807, 2.05) is 48.5 Å². The first-order valence-electron chi connectivity index (χ1n) is 11.0. The second-order valence-electron chi connectivity index (χ2n) is 7.98. The van der Waals surface area contributed by atoms with Gasteiger partial charge in [0.2, 0.25) is 0 Å². The van der Waals surface area contributed by atoms with E-state index in [9.17, 15) is 5.11 Å². The van der Waals surface area contributed by atoms with Crippen LogP contribution in [0.4, 0.5) is 11.5 Å². The van der Waals surface area contributed by atoms with Crippen molar-refractivity contribution < 1.29 is 19.7 Å². The van der Waals surface area contributed by atoms with Crippen molar-refractivity contribution in [3.8, 4) is 22.6 Å². The van der Waals surface area contributed by atoms with Crippen molar-refractivity contribution in [2.75, 3.05) is 31.7 Å². The standard InChI is InChI=1S/C25H24ClN3O4S/c26-20-10-15(12-27-13-17(31)14-30)4-6-21(20)28-25-19-3-1-2-18(24(19)34-29-25)16-5-7-22-23(11-16)33-9-8-32-22/h1-7,10-11,17,27,30-31H,8-9,12-14H2,(H,28,29)/t17-/m1/s1. The lowest BCUT2D eigenvalue weighted by atomic mass is 10.0. The normalized spacial score (nSPS) is 13.7. The van der Waals surface area contributed by atoms with Gasteiger partial charge in [0.05, 0.1) is 28.1 Å². The molecule has 176 valence electrons. The topological polar surface area (TPSA) is 95.9 Å². The van der Waals surface area contributed by atoms with Crippen LogP contribution in [-0.4, -0.2) is 47.1 Å². The predicted molar refractivity (Wildman–Crippen MR) is 136 cm³/mol. The van der Waals surface area contributed by atoms with E-state index in [-0.39, 0.29) is 6.61 Å². The van der Waals surface area contributed by atoms with E-state index in [4.69, 9.17) is 26.2 Å². The van der Waals surface area contributed by atoms with Crippen molar-refractivity contribution in [3.63, 3.8) is 0 Å². The average Bonchev–Trinajstić information content (AvgIpc) is 3.28. The van der Waals surface area contributed by atoms with Gasteiger partial charge in [0.15, 0.2) is 17.3 Å². The Morgan fingerprint density at radius 3 is 2.74 bits per heavy atom. The summed E-state index contributed by atoms with van der Waals surface area (Å²) < 4.78 is 17.1. The molecule has 9 heteroatoms. The summed E-state index contributed by atoms with van der Waals surface area (Å²) >= 11 is 7.97. The van der Waals surface area contributed by atoms with E-state index in [0.29, 0.717) is 31.3 Å². The fourth-order valence-corrected chi connectivity index (χ4v) is 4.96. The lowest BCUT2D eigenvalue weighted by molar-refractivity contribution is 0.0942. The number of hydrogen-bond donors (Lipinski definition) is 4. The van der Waals surface area contributed by atoms with Crippen LogP contribution in [0.15, 0.2) is 54.6 Å². The minimum Gasteiger partial charge on any atom is -0.486 e. The zero-order valence-corrected chi connectivity index (χ0v) is 19.8. The molecule has 3 aromatic carbocycles. The third-order valence-electron chi connectivity index (χ3n) is 5.56. The number of nitrogens with one attached hydrogen (secondary N) is 2. The molecule has 1 aliphatic heterocycles. The van der Waals surface area contributed by atoms with Gasteiger partial charge in [-0.3, -0.25) is 0 Å². The van der Waals surface area contributed by atoms with E-state index < -0.39 is 6.10 Å². The summed E-state index contributed by atoms with van der Waals surface area (Å²) in [5, 5.41) is 26.4. The second-order valence-corrected chi connectivity index (χ2v) is 9.16. The number of anilines is 2. The highest BCUT2D eigenvalue weighted by Gasteiger charge is 2.16. The molecule has 0 unspecified atom stereocenters. The van der Waals surface area contributed by atoms with Crippen LogP contribution in [0.5, 0.6) is 11.5 Å². The number of aliphatic hydroxyl groups excluding tert-OH is 2. The second kappa shape index (κ2) is 10.2. The van der Waals surface area contributed by atoms with Crippen LogP contribution in [0.1, 0.15) is 5.56 Å². The maximum atomic E-state index is 9.44. The van der Waals surface area contributed by atoms with Gasteiger partial charge in [-0.05, 0) is 53.0 Å². The Kier molecular flexibility index (Phi) is 6.85. The molecule has 0 bridgehead atoms. The molecule has 0 amide bonds. The number of ether oxygens (including phenoxy) is 2. The zero-order chi connectivity index (χ0) is 23.5. The van der Waals surface area contributed by atoms with E-state index in [0.717, 1.165) is 49.8 Å². The molecule has 1 atom stereocenters. The molecule has 4 N–H and O–H groups in total. The van der Waals surface area contributed by atoms with Crippen molar-refractivity contribution >= 4 is 44.7 Å². The van der Waals surface area contributed by atoms with Gasteiger partial charge in [-0.15, -0.1) is 0 Å². The fraction of sp³-hybridized carbons (Fsp3) is 0.240. The van der Waals surface area contributed by atoms with E-state index in [1.165, 1.54) is 11.5 Å². The first-order valence-corrected chi connectivity index (χ1v) is 12.1. The first-order chi connectivity index (χ1) is 16.6. The van der Waals surface area contributed by atoms with Gasteiger partial charge >= 0.3 is 0 Å². The Balaban J connectivity index is 1.37. The Bertz CT molecular complexity index is 1310. The average molecular weight is 498 g/mol. The number of hydrogen-bond acceptors (Lipinski definition) is 8. The molecule has 4 aromatic rings. The molecule has 1 aliphatic rings. The molecule has 0 radical (unpaired) electrons. The van der Waals surface area contributed by atoms with Crippen molar-refractivity contribution in [1.82, 2.24) is 9.69 Å². The molecule has 1 aromatic heterocycles. The van der Waals surface area contributed by atoms with Crippen LogP contribution >= 0.6 is 23.1 Å². The summed E-state index contributed by atoms with van der Waals surface area (Å²) in [6.45, 7) is 1.70. The quantitative estimate of drug-likeness (QED) is 0.283. The molecule has 2 heterocycles. The summed E-state index contributed by atoms with van der Waals surface area (Å²) in [7, 11) is 0. The number of aromatic nitrogens is 1. The van der Waals surface area contributed by atoms with Gasteiger partial charge in [0, 0.05) is 24.0 Å². The number of halogens is 1. The van der Waals surface area contributed by atoms with Crippen LogP contribution in [0.3, 0.4) is 0 Å². The third kappa shape index (κ3) is 4.82. The van der Waals surface area contributed by atoms with Crippen LogP contribution in [0.25, 0.3) is 21.2 Å². The Morgan fingerprint density at radius 2 is 1.91 bits per heavy atom. The molecular weight excluding hydrogens is 474 g/mol. The van der Waals surface area contributed by atoms with Gasteiger partial charge in [-0.2, -0.15) is 4.37 Å². The van der Waals surface area contributed by atoms with E-state index in [1.54, 1.807) is 0 Å². The van der Waals surface area contributed by atoms with Crippen molar-refractivity contribution in [2.45, 2.75) is 12.6 Å². The summed E-state index contributed by atoms with van der Waals surface area (Å²) in [4.78, 5) is 0. The number of aliphatic hydroxyl groups is 2. The minimum absolute atomic E-state index is 0.269. The summed E-state index contributed by atoms with van der Waals surface area (Å²) in [5.74, 6) is 2.28. The highest BCUT2D eigenvalue weighted by Crippen LogP contribution is 2.40. The lowest BCUT2D eigenvalue weighted by Crippen LogP contribution is -2.28. The minimum atomic E-state index is -0.776. The number of fused-ring (bicyclic) bond motifs is 2. The van der Waals surface area contributed by atoms with Crippen molar-refractivity contribution in [2.24, 2.45) is 0 Å². The number of nitrogens with zero attached hydrogens (tertiary/aromatic N) is 1. The maximum absolute atomic E-state index is 9.44. The molecule has 0 aliphatic carbocycles. The van der Waals surface area contributed by atoms with Gasteiger partial charge in [0.25, 0.3) is 0 Å². The van der Waals surface area contributed by atoms with Gasteiger partial charge in [0.1, 0.15) is 13.2 Å². The SMILES string of the molecule is OC[C@H](O)CNCc1ccc(Nc2nsc3c(-c4ccc5c(c4)OCCO5)cccc23)c(Cl)c1. The lowest BCUT2D eigenvalue weighted by Gasteiger charge is -2.19. The van der Waals surface area contributed by atoms with E-state index >= 15 is 0 Å². The molecule has 34 heavy (non-hydrogen) atoms. The maximum Gasteiger partial charge on any atom is 0.161 e.